The van der Waals surface area contributed by atoms with E-state index in [1.54, 1.807) is 10.4 Å². The van der Waals surface area contributed by atoms with E-state index in [2.05, 4.69) is 168 Å². The Morgan fingerprint density at radius 2 is 1.10 bits per heavy atom. The molecule has 0 radical (unpaired) electrons. The number of rotatable bonds is 4. The Bertz CT molecular complexity index is 1630. The van der Waals surface area contributed by atoms with Gasteiger partial charge in [-0.05, 0) is 13.8 Å². The van der Waals surface area contributed by atoms with Gasteiger partial charge < -0.3 is 0 Å². The molecule has 5 aromatic carbocycles. The van der Waals surface area contributed by atoms with Crippen LogP contribution in [0.15, 0.2) is 120 Å². The number of benzene rings is 4. The van der Waals surface area contributed by atoms with Gasteiger partial charge in [-0.1, -0.05) is 74.7 Å². The summed E-state index contributed by atoms with van der Waals surface area (Å²) in [5.74, 6) is 0. The Labute approximate surface area is 270 Å². The maximum absolute atomic E-state index is 3.57. The van der Waals surface area contributed by atoms with Crippen LogP contribution in [0.5, 0.6) is 0 Å². The van der Waals surface area contributed by atoms with Crippen molar-refractivity contribution < 1.29 is 24.2 Å². The standard InChI is InChI=1S/C15H13.C13H10.C11H21Si2.Zr/c1-10-3-5-14-12(7-10)9-13-8-11(2)4-6-15(13)14;1-3-7-12(8-4-1)11-13-9-5-2-6-10-13;1-12(2,3)10-7-8-11(9-10)13(4,5)6;/h3-9H,1-2H3;1-10H;9H,7H2,1-6H3;/q-1;;-1;+2. The van der Waals surface area contributed by atoms with Crippen LogP contribution in [0.2, 0.25) is 39.3 Å². The molecule has 0 heterocycles. The molecule has 42 heavy (non-hydrogen) atoms. The van der Waals surface area contributed by atoms with Gasteiger partial charge in [-0.3, -0.25) is 6.08 Å². The van der Waals surface area contributed by atoms with Crippen LogP contribution in [-0.4, -0.2) is 19.4 Å². The Morgan fingerprint density at radius 3 is 1.45 bits per heavy atom. The molecule has 0 N–H and O–H groups in total. The topological polar surface area (TPSA) is 0 Å². The van der Waals surface area contributed by atoms with Gasteiger partial charge in [0.25, 0.3) is 0 Å². The summed E-state index contributed by atoms with van der Waals surface area (Å²) >= 11 is 1.46. The summed E-state index contributed by atoms with van der Waals surface area (Å²) in [6.07, 6.45) is 7.15. The second-order valence-electron chi connectivity index (χ2n) is 13.4. The molecule has 0 aromatic heterocycles. The molecule has 0 saturated carbocycles. The molecule has 1 aliphatic rings. The average molecular weight is 660 g/mol. The van der Waals surface area contributed by atoms with Gasteiger partial charge in [0.1, 0.15) is 0 Å². The second-order valence-corrected chi connectivity index (χ2v) is 24.8. The molecule has 0 atom stereocenters. The normalized spacial score (nSPS) is 13.1. The zero-order valence-corrected chi connectivity index (χ0v) is 31.1. The fourth-order valence-corrected chi connectivity index (χ4v) is 8.45. The van der Waals surface area contributed by atoms with Crippen LogP contribution in [0.4, 0.5) is 0 Å². The van der Waals surface area contributed by atoms with Crippen LogP contribution in [-0.2, 0) is 24.2 Å². The third-order valence-corrected chi connectivity index (χ3v) is 13.3. The number of aryl methyl sites for hydroxylation is 2. The molecule has 212 valence electrons. The first-order valence-corrected chi connectivity index (χ1v) is 23.1. The molecule has 0 unspecified atom stereocenters. The predicted molar refractivity (Wildman–Crippen MR) is 189 cm³/mol. The Morgan fingerprint density at radius 1 is 0.643 bits per heavy atom. The van der Waals surface area contributed by atoms with E-state index < -0.39 is 16.1 Å². The number of hydrogen-bond acceptors (Lipinski definition) is 0. The Kier molecular flexibility index (Phi) is 10.6. The van der Waals surface area contributed by atoms with Crippen molar-refractivity contribution in [1.29, 1.82) is 0 Å². The molecular formula is C39H44Si2Zr. The van der Waals surface area contributed by atoms with Crippen molar-refractivity contribution in [2.24, 2.45) is 0 Å². The van der Waals surface area contributed by atoms with Gasteiger partial charge in [-0.25, -0.2) is 11.3 Å². The van der Waals surface area contributed by atoms with Gasteiger partial charge >= 0.3 is 99.2 Å². The van der Waals surface area contributed by atoms with Crippen molar-refractivity contribution in [1.82, 2.24) is 0 Å². The molecule has 6 rings (SSSR count). The van der Waals surface area contributed by atoms with E-state index in [0.29, 0.717) is 0 Å². The SMILES string of the molecule is C[Si](C)(C)C1=[C-]CC([Si](C)(C)C)=C1.Cc1ccc2c(c1)[cH-]c1cc(C)ccc12.[Zr+2]=[C](c1ccccc1)c1ccccc1. The van der Waals surface area contributed by atoms with Crippen LogP contribution < -0.4 is 0 Å². The zero-order valence-electron chi connectivity index (χ0n) is 26.6. The summed E-state index contributed by atoms with van der Waals surface area (Å²) in [5.41, 5.74) is 5.32. The van der Waals surface area contributed by atoms with E-state index in [0.717, 1.165) is 6.42 Å². The summed E-state index contributed by atoms with van der Waals surface area (Å²) in [6.45, 7) is 18.8. The Balaban J connectivity index is 0.000000145. The van der Waals surface area contributed by atoms with Gasteiger partial charge in [0.15, 0.2) is 0 Å². The monoisotopic (exact) mass is 658 g/mol. The van der Waals surface area contributed by atoms with E-state index in [1.165, 1.54) is 71.2 Å². The van der Waals surface area contributed by atoms with Crippen LogP contribution in [0.3, 0.4) is 0 Å². The molecule has 0 saturated heterocycles. The van der Waals surface area contributed by atoms with Crippen molar-refractivity contribution >= 4 is 40.9 Å². The van der Waals surface area contributed by atoms with Gasteiger partial charge in [0, 0.05) is 8.07 Å². The van der Waals surface area contributed by atoms with Crippen LogP contribution in [0, 0.1) is 19.9 Å². The van der Waals surface area contributed by atoms with Gasteiger partial charge in [0.2, 0.25) is 0 Å². The van der Waals surface area contributed by atoms with Crippen molar-refractivity contribution in [3.8, 4) is 0 Å². The summed E-state index contributed by atoms with van der Waals surface area (Å²) in [7, 11) is -2.14. The van der Waals surface area contributed by atoms with Crippen LogP contribution >= 0.6 is 0 Å². The first-order chi connectivity index (χ1) is 19.8. The van der Waals surface area contributed by atoms with Gasteiger partial charge in [0.05, 0.1) is 8.07 Å². The number of fused-ring (bicyclic) bond motifs is 3. The van der Waals surface area contributed by atoms with Crippen LogP contribution in [0.1, 0.15) is 28.7 Å². The minimum atomic E-state index is -1.09. The van der Waals surface area contributed by atoms with Crippen molar-refractivity contribution in [2.45, 2.75) is 59.6 Å². The van der Waals surface area contributed by atoms with Crippen molar-refractivity contribution in [3.63, 3.8) is 0 Å². The third-order valence-electron chi connectivity index (χ3n) is 7.70. The molecule has 0 fully saturated rings. The van der Waals surface area contributed by atoms with E-state index >= 15 is 0 Å². The fraction of sp³-hybridized carbons (Fsp3) is 0.231. The third kappa shape index (κ3) is 8.50. The first-order valence-electron chi connectivity index (χ1n) is 14.9. The van der Waals surface area contributed by atoms with E-state index in [4.69, 9.17) is 0 Å². The van der Waals surface area contributed by atoms with E-state index in [1.807, 2.05) is 0 Å². The minimum absolute atomic E-state index is 1.04. The first kappa shape index (κ1) is 32.3. The van der Waals surface area contributed by atoms with E-state index in [9.17, 15) is 0 Å². The van der Waals surface area contributed by atoms with Crippen LogP contribution in [0.25, 0.3) is 21.5 Å². The van der Waals surface area contributed by atoms with Gasteiger partial charge in [-0.15, -0.1) is 46.2 Å². The summed E-state index contributed by atoms with van der Waals surface area (Å²) in [5, 5.41) is 8.69. The van der Waals surface area contributed by atoms with Gasteiger partial charge in [-0.2, -0.15) is 5.20 Å². The molecule has 1 aliphatic carbocycles. The summed E-state index contributed by atoms with van der Waals surface area (Å²) < 4.78 is 1.42. The molecule has 0 bridgehead atoms. The molecule has 3 heteroatoms. The number of hydrogen-bond donors (Lipinski definition) is 0. The molecule has 0 spiro atoms. The fourth-order valence-electron chi connectivity index (χ4n) is 5.07. The average Bonchev–Trinajstić information content (AvgIpc) is 3.60. The molecule has 0 nitrogen and oxygen atoms in total. The second kappa shape index (κ2) is 13.8. The van der Waals surface area contributed by atoms with Crippen molar-refractivity contribution in [3.05, 3.63) is 148 Å². The summed E-state index contributed by atoms with van der Waals surface area (Å²) in [4.78, 5) is 0. The Hall–Kier alpha value is -2.58. The number of allylic oxidation sites excluding steroid dienone is 4. The molecular weight excluding hydrogens is 616 g/mol. The molecule has 0 amide bonds. The predicted octanol–water partition coefficient (Wildman–Crippen LogP) is 10.9. The summed E-state index contributed by atoms with van der Waals surface area (Å²) in [6, 6.07) is 36.7. The maximum atomic E-state index is 3.57. The van der Waals surface area contributed by atoms with E-state index in [-0.39, 0.29) is 0 Å². The van der Waals surface area contributed by atoms with Crippen molar-refractivity contribution in [2.75, 3.05) is 0 Å². The molecule has 5 aromatic rings. The molecule has 0 aliphatic heterocycles. The zero-order chi connectivity index (χ0) is 30.5. The quantitative estimate of drug-likeness (QED) is 0.133.